The van der Waals surface area contributed by atoms with E-state index in [0.29, 0.717) is 17.3 Å². The summed E-state index contributed by atoms with van der Waals surface area (Å²) in [6, 6.07) is 7.53. The molecule has 0 heterocycles. The van der Waals surface area contributed by atoms with Gasteiger partial charge in [0.05, 0.1) is 0 Å². The Morgan fingerprint density at radius 2 is 1.94 bits per heavy atom. The van der Waals surface area contributed by atoms with Crippen LogP contribution in [-0.4, -0.2) is 11.9 Å². The lowest BCUT2D eigenvalue weighted by Crippen LogP contribution is -2.38. The number of nitrogens with one attached hydrogen (secondary N) is 1. The molecule has 0 saturated heterocycles. The van der Waals surface area contributed by atoms with Crippen molar-refractivity contribution >= 4 is 11.6 Å². The van der Waals surface area contributed by atoms with Gasteiger partial charge in [0.1, 0.15) is 0 Å². The van der Waals surface area contributed by atoms with Crippen LogP contribution in [0.15, 0.2) is 24.3 Å². The highest BCUT2D eigenvalue weighted by Gasteiger charge is 2.40. The summed E-state index contributed by atoms with van der Waals surface area (Å²) in [4.78, 5) is 12.0. The summed E-state index contributed by atoms with van der Waals surface area (Å²) in [7, 11) is 0. The van der Waals surface area contributed by atoms with Crippen LogP contribution in [0.1, 0.15) is 36.0 Å². The Kier molecular flexibility index (Phi) is 2.54. The molecule has 3 heteroatoms. The van der Waals surface area contributed by atoms with Gasteiger partial charge >= 0.3 is 0 Å². The second kappa shape index (κ2) is 4.06. The minimum atomic E-state index is 0.0440. The summed E-state index contributed by atoms with van der Waals surface area (Å²) in [6.07, 6.45) is 5.13. The summed E-state index contributed by atoms with van der Waals surface area (Å²) < 4.78 is 0. The second-order valence-corrected chi connectivity index (χ2v) is 5.38. The number of amides is 1. The molecule has 0 spiro atoms. The number of nitrogens with two attached hydrogens (primary N) is 1. The van der Waals surface area contributed by atoms with E-state index in [4.69, 9.17) is 5.73 Å². The van der Waals surface area contributed by atoms with Crippen molar-refractivity contribution in [3.05, 3.63) is 29.8 Å². The molecule has 1 aromatic carbocycles. The van der Waals surface area contributed by atoms with E-state index in [9.17, 15) is 4.79 Å². The van der Waals surface area contributed by atoms with E-state index in [-0.39, 0.29) is 5.91 Å². The van der Waals surface area contributed by atoms with Crippen LogP contribution in [0.25, 0.3) is 0 Å². The van der Waals surface area contributed by atoms with E-state index >= 15 is 0 Å². The first-order chi connectivity index (χ1) is 8.22. The first-order valence-electron chi connectivity index (χ1n) is 6.39. The van der Waals surface area contributed by atoms with Gasteiger partial charge in [0.15, 0.2) is 0 Å². The monoisotopic (exact) mass is 230 g/mol. The molecule has 2 saturated carbocycles. The van der Waals surface area contributed by atoms with Crippen LogP contribution >= 0.6 is 0 Å². The zero-order valence-corrected chi connectivity index (χ0v) is 9.86. The predicted octanol–water partition coefficient (Wildman–Crippen LogP) is 2.19. The average molecular weight is 230 g/mol. The van der Waals surface area contributed by atoms with Crippen molar-refractivity contribution in [1.29, 1.82) is 0 Å². The number of anilines is 1. The topological polar surface area (TPSA) is 55.1 Å². The highest BCUT2D eigenvalue weighted by molar-refractivity contribution is 5.94. The molecule has 2 fully saturated rings. The largest absolute Gasteiger partial charge is 0.399 e. The van der Waals surface area contributed by atoms with E-state index in [1.807, 2.05) is 0 Å². The Hall–Kier alpha value is -1.51. The van der Waals surface area contributed by atoms with Crippen molar-refractivity contribution in [2.24, 2.45) is 11.8 Å². The van der Waals surface area contributed by atoms with Gasteiger partial charge in [-0.2, -0.15) is 0 Å². The van der Waals surface area contributed by atoms with Gasteiger partial charge in [-0.25, -0.2) is 0 Å². The summed E-state index contributed by atoms with van der Waals surface area (Å²) in [5, 5.41) is 3.17. The number of carbonyl (C=O) groups is 1. The first-order valence-corrected chi connectivity index (χ1v) is 6.39. The fourth-order valence-corrected chi connectivity index (χ4v) is 3.31. The lowest BCUT2D eigenvalue weighted by molar-refractivity contribution is 0.0923. The number of benzene rings is 1. The molecule has 3 atom stereocenters. The van der Waals surface area contributed by atoms with Gasteiger partial charge < -0.3 is 11.1 Å². The average Bonchev–Trinajstić information content (AvgIpc) is 2.91. The van der Waals surface area contributed by atoms with E-state index < -0.39 is 0 Å². The van der Waals surface area contributed by atoms with Gasteiger partial charge in [-0.05, 0) is 55.4 Å². The third kappa shape index (κ3) is 2.02. The van der Waals surface area contributed by atoms with Crippen molar-refractivity contribution in [2.45, 2.75) is 31.7 Å². The zero-order chi connectivity index (χ0) is 11.8. The quantitative estimate of drug-likeness (QED) is 0.765. The zero-order valence-electron chi connectivity index (χ0n) is 9.86. The van der Waals surface area contributed by atoms with E-state index in [1.165, 1.54) is 25.7 Å². The molecule has 2 aliphatic carbocycles. The molecule has 90 valence electrons. The highest BCUT2D eigenvalue weighted by Crippen LogP contribution is 2.44. The Labute approximate surface area is 101 Å². The van der Waals surface area contributed by atoms with Gasteiger partial charge in [-0.15, -0.1) is 0 Å². The van der Waals surface area contributed by atoms with Crippen molar-refractivity contribution in [2.75, 3.05) is 5.73 Å². The maximum absolute atomic E-state index is 12.0. The fraction of sp³-hybridized carbons (Fsp3) is 0.500. The molecule has 17 heavy (non-hydrogen) atoms. The smallest absolute Gasteiger partial charge is 0.251 e. The summed E-state index contributed by atoms with van der Waals surface area (Å²) in [5.74, 6) is 1.62. The minimum Gasteiger partial charge on any atom is -0.399 e. The maximum atomic E-state index is 12.0. The van der Waals surface area contributed by atoms with E-state index in [2.05, 4.69) is 5.32 Å². The van der Waals surface area contributed by atoms with E-state index in [1.54, 1.807) is 24.3 Å². The van der Waals surface area contributed by atoms with Crippen LogP contribution < -0.4 is 11.1 Å². The molecular formula is C14H18N2O. The van der Waals surface area contributed by atoms with Gasteiger partial charge in [0.25, 0.3) is 5.91 Å². The molecule has 2 bridgehead atoms. The van der Waals surface area contributed by atoms with Crippen molar-refractivity contribution in [3.63, 3.8) is 0 Å². The van der Waals surface area contributed by atoms with Gasteiger partial charge in [-0.1, -0.05) is 6.42 Å². The predicted molar refractivity (Wildman–Crippen MR) is 67.6 cm³/mol. The third-order valence-corrected chi connectivity index (χ3v) is 4.23. The molecular weight excluding hydrogens is 212 g/mol. The number of hydrogen-bond acceptors (Lipinski definition) is 2. The van der Waals surface area contributed by atoms with E-state index in [0.717, 1.165) is 11.8 Å². The Bertz CT molecular complexity index is 426. The Balaban J connectivity index is 1.65. The Morgan fingerprint density at radius 1 is 1.18 bits per heavy atom. The normalized spacial score (nSPS) is 30.5. The van der Waals surface area contributed by atoms with Gasteiger partial charge in [0.2, 0.25) is 0 Å². The third-order valence-electron chi connectivity index (χ3n) is 4.23. The molecule has 2 aliphatic rings. The second-order valence-electron chi connectivity index (χ2n) is 5.38. The number of carbonyl (C=O) groups excluding carboxylic acids is 1. The SMILES string of the molecule is Nc1ccc(C(=O)NC2CC3CCC2C3)cc1. The summed E-state index contributed by atoms with van der Waals surface area (Å²) in [5.41, 5.74) is 7.01. The van der Waals surface area contributed by atoms with Crippen molar-refractivity contribution < 1.29 is 4.79 Å². The number of nitrogen functional groups attached to an aromatic ring is 1. The van der Waals surface area contributed by atoms with Crippen LogP contribution in [0.3, 0.4) is 0 Å². The Morgan fingerprint density at radius 3 is 2.53 bits per heavy atom. The fourth-order valence-electron chi connectivity index (χ4n) is 3.31. The molecule has 3 unspecified atom stereocenters. The summed E-state index contributed by atoms with van der Waals surface area (Å²) in [6.45, 7) is 0. The molecule has 3 rings (SSSR count). The van der Waals surface area contributed by atoms with Crippen LogP contribution in [-0.2, 0) is 0 Å². The molecule has 3 nitrogen and oxygen atoms in total. The first kappa shape index (κ1) is 10.6. The molecule has 3 N–H and O–H groups in total. The van der Waals surface area contributed by atoms with Crippen LogP contribution in [0.5, 0.6) is 0 Å². The summed E-state index contributed by atoms with van der Waals surface area (Å²) >= 11 is 0. The lowest BCUT2D eigenvalue weighted by atomic mass is 9.95. The minimum absolute atomic E-state index is 0.0440. The number of rotatable bonds is 2. The van der Waals surface area contributed by atoms with Gasteiger partial charge in [-0.3, -0.25) is 4.79 Å². The highest BCUT2D eigenvalue weighted by atomic mass is 16.1. The van der Waals surface area contributed by atoms with Crippen molar-refractivity contribution in [1.82, 2.24) is 5.32 Å². The maximum Gasteiger partial charge on any atom is 0.251 e. The van der Waals surface area contributed by atoms with Crippen LogP contribution in [0.4, 0.5) is 5.69 Å². The molecule has 0 radical (unpaired) electrons. The number of hydrogen-bond donors (Lipinski definition) is 2. The lowest BCUT2D eigenvalue weighted by Gasteiger charge is -2.22. The van der Waals surface area contributed by atoms with Crippen LogP contribution in [0, 0.1) is 11.8 Å². The van der Waals surface area contributed by atoms with Gasteiger partial charge in [0, 0.05) is 17.3 Å². The molecule has 1 amide bonds. The van der Waals surface area contributed by atoms with Crippen LogP contribution in [0.2, 0.25) is 0 Å². The molecule has 0 aliphatic heterocycles. The molecule has 1 aromatic rings. The number of fused-ring (bicyclic) bond motifs is 2. The molecule has 0 aromatic heterocycles. The standard InChI is InChI=1S/C14H18N2O/c15-12-5-3-10(4-6-12)14(17)16-13-8-9-1-2-11(13)7-9/h3-6,9,11,13H,1-2,7-8,15H2,(H,16,17). The van der Waals surface area contributed by atoms with Crippen molar-refractivity contribution in [3.8, 4) is 0 Å².